The summed E-state index contributed by atoms with van der Waals surface area (Å²) in [4.78, 5) is 0. The second kappa shape index (κ2) is 4.07. The van der Waals surface area contributed by atoms with Crippen LogP contribution in [0, 0.1) is 6.92 Å². The molecule has 0 nitrogen and oxygen atoms in total. The summed E-state index contributed by atoms with van der Waals surface area (Å²) in [5.41, 5.74) is 1.36. The van der Waals surface area contributed by atoms with Crippen LogP contribution < -0.4 is 18.9 Å². The minimum Gasteiger partial charge on any atom is -1.00 e. The molecule has 70 valence electrons. The van der Waals surface area contributed by atoms with Gasteiger partial charge in [0, 0.05) is 0 Å². The average molecular weight is 206 g/mol. The maximum absolute atomic E-state index is 2.31. The number of hydrogen-bond acceptors (Lipinski definition) is 0. The fourth-order valence-corrected chi connectivity index (χ4v) is 3.44. The molecule has 0 aliphatic rings. The van der Waals surface area contributed by atoms with Gasteiger partial charge in [0.2, 0.25) is 0 Å². The molecule has 0 amide bonds. The second-order valence-corrected chi connectivity index (χ2v) is 5.05. The van der Waals surface area contributed by atoms with Gasteiger partial charge in [0.05, 0.1) is 0 Å². The van der Waals surface area contributed by atoms with Crippen molar-refractivity contribution in [3.05, 3.63) is 48.0 Å². The third-order valence-electron chi connectivity index (χ3n) is 2.66. The Morgan fingerprint density at radius 1 is 0.933 bits per heavy atom. The van der Waals surface area contributed by atoms with Crippen molar-refractivity contribution in [2.75, 3.05) is 0 Å². The van der Waals surface area contributed by atoms with Gasteiger partial charge in [-0.2, -0.15) is 0 Å². The Bertz CT molecular complexity index is 615. The van der Waals surface area contributed by atoms with Gasteiger partial charge in [-0.3, -0.25) is 0 Å². The summed E-state index contributed by atoms with van der Waals surface area (Å²) in [5.74, 6) is 0. The molecule has 2 heteroatoms. The van der Waals surface area contributed by atoms with E-state index in [-0.39, 0.29) is 20.3 Å². The summed E-state index contributed by atoms with van der Waals surface area (Å²) in [6.45, 7) is 2.16. The summed E-state index contributed by atoms with van der Waals surface area (Å²) in [5, 5.41) is 5.87. The minimum atomic E-state index is 0. The Kier molecular flexibility index (Phi) is 2.94. The zero-order valence-corrected chi connectivity index (χ0v) is 10.0. The Hall–Kier alpha value is -0.663. The molecule has 1 unspecified atom stereocenters. The first-order chi connectivity index (χ1) is 6.84. The second-order valence-electron chi connectivity index (χ2n) is 3.72. The van der Waals surface area contributed by atoms with Crippen LogP contribution in [0.5, 0.6) is 0 Å². The van der Waals surface area contributed by atoms with Gasteiger partial charge in [0.25, 0.3) is 0 Å². The van der Waals surface area contributed by atoms with E-state index in [0.29, 0.717) is 0 Å². The maximum Gasteiger partial charge on any atom is 1.00 e. The van der Waals surface area contributed by atoms with Crippen LogP contribution in [0.3, 0.4) is 0 Å². The molecule has 0 saturated heterocycles. The van der Waals surface area contributed by atoms with Gasteiger partial charge in [-0.05, 0) is 34.0 Å². The third-order valence-corrected chi connectivity index (χ3v) is 4.05. The van der Waals surface area contributed by atoms with Crippen molar-refractivity contribution in [1.82, 2.24) is 0 Å². The van der Waals surface area contributed by atoms with Crippen molar-refractivity contribution in [1.29, 1.82) is 0 Å². The van der Waals surface area contributed by atoms with Crippen molar-refractivity contribution >= 4 is 29.2 Å². The molecule has 2 aromatic carbocycles. The fraction of sp³-hybridized carbons (Fsp3) is 0.0769. The van der Waals surface area contributed by atoms with E-state index in [4.69, 9.17) is 0 Å². The van der Waals surface area contributed by atoms with E-state index in [1.54, 1.807) is 0 Å². The van der Waals surface area contributed by atoms with Crippen LogP contribution in [0.2, 0.25) is 0 Å². The zero-order chi connectivity index (χ0) is 9.54. The van der Waals surface area contributed by atoms with E-state index < -0.39 is 0 Å². The van der Waals surface area contributed by atoms with Gasteiger partial charge in [-0.15, -0.1) is 8.19 Å². The fourth-order valence-electron chi connectivity index (χ4n) is 1.97. The van der Waals surface area contributed by atoms with Crippen molar-refractivity contribution in [2.45, 2.75) is 6.92 Å². The molecule has 0 fully saturated rings. The summed E-state index contributed by atoms with van der Waals surface area (Å²) in [6.07, 6.45) is 0. The molecule has 3 aromatic rings. The molecule has 0 saturated carbocycles. The predicted octanol–water partition coefficient (Wildman–Crippen LogP) is 1.45. The summed E-state index contributed by atoms with van der Waals surface area (Å²) in [6, 6.07) is 15.5. The molecule has 1 heterocycles. The number of rotatable bonds is 0. The zero-order valence-electron chi connectivity index (χ0n) is 10.0. The molecule has 0 aliphatic heterocycles. The largest absolute Gasteiger partial charge is 1.00 e. The van der Waals surface area contributed by atoms with E-state index in [1.807, 2.05) is 0 Å². The van der Waals surface area contributed by atoms with E-state index >= 15 is 0 Å². The molecular formula is C13H12LiP. The van der Waals surface area contributed by atoms with Crippen molar-refractivity contribution in [2.24, 2.45) is 0 Å². The predicted molar refractivity (Wildman–Crippen MR) is 66.8 cm³/mol. The van der Waals surface area contributed by atoms with Crippen LogP contribution >= 0.6 is 8.19 Å². The smallest absolute Gasteiger partial charge is 1.00 e. The SMILES string of the molecule is Cc1ccc2c(c1)[pH]c1ccccc12.[H-].[Li+]. The van der Waals surface area contributed by atoms with Gasteiger partial charge in [0.15, 0.2) is 0 Å². The Morgan fingerprint density at radius 2 is 1.67 bits per heavy atom. The summed E-state index contributed by atoms with van der Waals surface area (Å²) < 4.78 is 0. The van der Waals surface area contributed by atoms with E-state index in [1.165, 1.54) is 26.6 Å². The maximum atomic E-state index is 2.31. The Morgan fingerprint density at radius 3 is 2.53 bits per heavy atom. The van der Waals surface area contributed by atoms with E-state index in [0.717, 1.165) is 8.19 Å². The molecule has 0 aliphatic carbocycles. The molecule has 0 N–H and O–H groups in total. The average Bonchev–Trinajstić information content (AvgIpc) is 2.54. The van der Waals surface area contributed by atoms with Gasteiger partial charge in [-0.1, -0.05) is 42.0 Å². The number of hydrogen-bond donors (Lipinski definition) is 0. The molecule has 15 heavy (non-hydrogen) atoms. The first-order valence-electron chi connectivity index (χ1n) is 4.82. The summed E-state index contributed by atoms with van der Waals surface area (Å²) in [7, 11) is 0.847. The van der Waals surface area contributed by atoms with Gasteiger partial charge < -0.3 is 1.43 Å². The van der Waals surface area contributed by atoms with Crippen LogP contribution in [-0.4, -0.2) is 0 Å². The van der Waals surface area contributed by atoms with Crippen molar-refractivity contribution in [3.63, 3.8) is 0 Å². The van der Waals surface area contributed by atoms with Crippen LogP contribution in [0.1, 0.15) is 6.99 Å². The standard InChI is InChI=1S/C13H11P.Li.H/c1-9-6-7-11-10-4-2-3-5-12(10)14-13(11)8-9;;/h2-8,14H,1H3;;/q;+1;-1. The van der Waals surface area contributed by atoms with Crippen LogP contribution in [0.4, 0.5) is 0 Å². The van der Waals surface area contributed by atoms with Gasteiger partial charge in [0.1, 0.15) is 0 Å². The molecule has 3 rings (SSSR count). The van der Waals surface area contributed by atoms with Crippen molar-refractivity contribution in [3.8, 4) is 0 Å². The number of aryl methyl sites for hydroxylation is 1. The minimum absolute atomic E-state index is 0. The number of fused-ring (bicyclic) bond motifs is 3. The van der Waals surface area contributed by atoms with Crippen molar-refractivity contribution < 1.29 is 20.3 Å². The molecule has 0 spiro atoms. The summed E-state index contributed by atoms with van der Waals surface area (Å²) >= 11 is 0. The molecule has 1 aromatic heterocycles. The quantitative estimate of drug-likeness (QED) is 0.488. The first kappa shape index (κ1) is 10.8. The Balaban J connectivity index is 0.000000640. The normalized spacial score (nSPS) is 11.0. The topological polar surface area (TPSA) is 0 Å². The van der Waals surface area contributed by atoms with Gasteiger partial charge >= 0.3 is 18.9 Å². The van der Waals surface area contributed by atoms with E-state index in [9.17, 15) is 0 Å². The van der Waals surface area contributed by atoms with Crippen LogP contribution in [0.25, 0.3) is 21.0 Å². The molecular weight excluding hydrogens is 194 g/mol. The first-order valence-corrected chi connectivity index (χ1v) is 5.82. The van der Waals surface area contributed by atoms with Crippen LogP contribution in [-0.2, 0) is 0 Å². The van der Waals surface area contributed by atoms with Crippen LogP contribution in [0.15, 0.2) is 42.5 Å². The third kappa shape index (κ3) is 1.75. The number of benzene rings is 2. The Labute approximate surface area is 104 Å². The van der Waals surface area contributed by atoms with E-state index in [2.05, 4.69) is 49.4 Å². The van der Waals surface area contributed by atoms with Gasteiger partial charge in [-0.25, -0.2) is 0 Å². The molecule has 1 atom stereocenters. The monoisotopic (exact) mass is 206 g/mol. The molecule has 0 bridgehead atoms. The molecule has 0 radical (unpaired) electrons.